The van der Waals surface area contributed by atoms with Crippen LogP contribution in [0.5, 0.6) is 5.75 Å². The Balaban J connectivity index is 1.90. The van der Waals surface area contributed by atoms with Crippen molar-refractivity contribution in [3.63, 3.8) is 0 Å². The highest BCUT2D eigenvalue weighted by Crippen LogP contribution is 2.39. The first-order valence-electron chi connectivity index (χ1n) is 5.42. The first kappa shape index (κ1) is 12.6. The molecule has 5 heteroatoms. The lowest BCUT2D eigenvalue weighted by molar-refractivity contribution is 0.00286. The minimum atomic E-state index is -2.59. The Morgan fingerprint density at radius 3 is 2.76 bits per heavy atom. The van der Waals surface area contributed by atoms with Gasteiger partial charge >= 0.3 is 0 Å². The van der Waals surface area contributed by atoms with Crippen LogP contribution in [0.3, 0.4) is 0 Å². The van der Waals surface area contributed by atoms with Crippen LogP contribution in [0.1, 0.15) is 19.3 Å². The molecule has 0 heterocycles. The minimum absolute atomic E-state index is 0.0598. The standard InChI is InChI=1S/C12H12ClF3O/c13-9-1-2-11(10(14)5-9)17-7-8-3-4-12(15,16)6-8/h1-2,5,8H,3-4,6-7H2. The SMILES string of the molecule is Fc1cc(Cl)ccc1OCC1CCC(F)(F)C1. The van der Waals surface area contributed by atoms with E-state index in [1.807, 2.05) is 0 Å². The van der Waals surface area contributed by atoms with E-state index in [4.69, 9.17) is 16.3 Å². The quantitative estimate of drug-likeness (QED) is 0.791. The molecule has 0 amide bonds. The second-order valence-electron chi connectivity index (χ2n) is 4.35. The van der Waals surface area contributed by atoms with E-state index in [2.05, 4.69) is 0 Å². The third-order valence-electron chi connectivity index (χ3n) is 2.87. The van der Waals surface area contributed by atoms with Gasteiger partial charge in [0.2, 0.25) is 5.92 Å². The molecule has 0 aliphatic heterocycles. The van der Waals surface area contributed by atoms with Gasteiger partial charge in [0, 0.05) is 17.9 Å². The number of benzene rings is 1. The van der Waals surface area contributed by atoms with Gasteiger partial charge in [-0.2, -0.15) is 0 Å². The molecule has 0 aromatic heterocycles. The molecule has 1 fully saturated rings. The molecule has 1 nitrogen and oxygen atoms in total. The summed E-state index contributed by atoms with van der Waals surface area (Å²) in [4.78, 5) is 0. The molecule has 1 aliphatic rings. The smallest absolute Gasteiger partial charge is 0.248 e. The van der Waals surface area contributed by atoms with Gasteiger partial charge in [-0.05, 0) is 30.5 Å². The minimum Gasteiger partial charge on any atom is -0.490 e. The summed E-state index contributed by atoms with van der Waals surface area (Å²) in [6.45, 7) is 0.119. The van der Waals surface area contributed by atoms with Crippen LogP contribution in [0.25, 0.3) is 0 Å². The Hall–Kier alpha value is -0.900. The van der Waals surface area contributed by atoms with Crippen molar-refractivity contribution in [2.45, 2.75) is 25.2 Å². The molecule has 17 heavy (non-hydrogen) atoms. The van der Waals surface area contributed by atoms with E-state index in [-0.39, 0.29) is 36.1 Å². The summed E-state index contributed by atoms with van der Waals surface area (Å²) in [6, 6.07) is 4.05. The number of halogens is 4. The lowest BCUT2D eigenvalue weighted by atomic mass is 10.1. The normalized spacial score (nSPS) is 22.7. The molecule has 2 rings (SSSR count). The fraction of sp³-hybridized carbons (Fsp3) is 0.500. The summed E-state index contributed by atoms with van der Waals surface area (Å²) >= 11 is 5.59. The van der Waals surface area contributed by atoms with E-state index in [9.17, 15) is 13.2 Å². The Morgan fingerprint density at radius 2 is 2.18 bits per heavy atom. The monoisotopic (exact) mass is 264 g/mol. The van der Waals surface area contributed by atoms with Crippen LogP contribution >= 0.6 is 11.6 Å². The van der Waals surface area contributed by atoms with E-state index in [1.165, 1.54) is 12.1 Å². The highest BCUT2D eigenvalue weighted by Gasteiger charge is 2.39. The average Bonchev–Trinajstić information content (AvgIpc) is 2.57. The maximum Gasteiger partial charge on any atom is 0.248 e. The van der Waals surface area contributed by atoms with Gasteiger partial charge in [0.1, 0.15) is 0 Å². The molecule has 0 saturated heterocycles. The Kier molecular flexibility index (Phi) is 3.52. The summed E-state index contributed by atoms with van der Waals surface area (Å²) in [5.74, 6) is -3.31. The van der Waals surface area contributed by atoms with Gasteiger partial charge in [-0.3, -0.25) is 0 Å². The Bertz CT molecular complexity index is 409. The largest absolute Gasteiger partial charge is 0.490 e. The van der Waals surface area contributed by atoms with Crippen LogP contribution < -0.4 is 4.74 Å². The van der Waals surface area contributed by atoms with E-state index in [1.54, 1.807) is 0 Å². The molecule has 1 unspecified atom stereocenters. The van der Waals surface area contributed by atoms with Crippen molar-refractivity contribution in [2.24, 2.45) is 5.92 Å². The molecule has 1 saturated carbocycles. The lowest BCUT2D eigenvalue weighted by Gasteiger charge is -2.12. The topological polar surface area (TPSA) is 9.23 Å². The molecular formula is C12H12ClF3O. The molecule has 1 atom stereocenters. The van der Waals surface area contributed by atoms with Crippen LogP contribution in [0.2, 0.25) is 5.02 Å². The van der Waals surface area contributed by atoms with Crippen molar-refractivity contribution in [1.29, 1.82) is 0 Å². The van der Waals surface area contributed by atoms with Crippen LogP contribution in [0.15, 0.2) is 18.2 Å². The molecule has 0 bridgehead atoms. The highest BCUT2D eigenvalue weighted by atomic mass is 35.5. The number of rotatable bonds is 3. The van der Waals surface area contributed by atoms with Crippen LogP contribution in [0, 0.1) is 11.7 Å². The molecular weight excluding hydrogens is 253 g/mol. The van der Waals surface area contributed by atoms with Gasteiger partial charge in [-0.1, -0.05) is 11.6 Å². The molecule has 0 spiro atoms. The van der Waals surface area contributed by atoms with Crippen LogP contribution in [-0.4, -0.2) is 12.5 Å². The van der Waals surface area contributed by atoms with Gasteiger partial charge < -0.3 is 4.74 Å². The maximum atomic E-state index is 13.3. The van der Waals surface area contributed by atoms with E-state index in [0.29, 0.717) is 6.42 Å². The summed E-state index contributed by atoms with van der Waals surface area (Å²) in [5, 5.41) is 0.280. The fourth-order valence-electron chi connectivity index (χ4n) is 1.98. The summed E-state index contributed by atoms with van der Waals surface area (Å²) in [7, 11) is 0. The molecule has 0 radical (unpaired) electrons. The first-order valence-corrected chi connectivity index (χ1v) is 5.80. The van der Waals surface area contributed by atoms with Gasteiger partial charge in [0.05, 0.1) is 6.61 Å². The predicted molar refractivity (Wildman–Crippen MR) is 59.2 cm³/mol. The van der Waals surface area contributed by atoms with Crippen molar-refractivity contribution < 1.29 is 17.9 Å². The number of hydrogen-bond donors (Lipinski definition) is 0. The zero-order valence-electron chi connectivity index (χ0n) is 9.06. The van der Waals surface area contributed by atoms with Gasteiger partial charge in [0.15, 0.2) is 11.6 Å². The van der Waals surface area contributed by atoms with E-state index >= 15 is 0 Å². The highest BCUT2D eigenvalue weighted by molar-refractivity contribution is 6.30. The Labute approximate surface area is 103 Å². The molecule has 0 N–H and O–H groups in total. The third kappa shape index (κ3) is 3.28. The van der Waals surface area contributed by atoms with Crippen molar-refractivity contribution in [3.05, 3.63) is 29.0 Å². The maximum absolute atomic E-state index is 13.3. The van der Waals surface area contributed by atoms with E-state index < -0.39 is 11.7 Å². The molecule has 1 aromatic rings. The second kappa shape index (κ2) is 4.77. The first-order chi connectivity index (χ1) is 7.96. The zero-order valence-corrected chi connectivity index (χ0v) is 9.81. The van der Waals surface area contributed by atoms with Gasteiger partial charge in [0.25, 0.3) is 0 Å². The number of hydrogen-bond acceptors (Lipinski definition) is 1. The van der Waals surface area contributed by atoms with Gasteiger partial charge in [-0.25, -0.2) is 13.2 Å². The lowest BCUT2D eigenvalue weighted by Crippen LogP contribution is -2.14. The fourth-order valence-corrected chi connectivity index (χ4v) is 2.14. The summed E-state index contributed by atoms with van der Waals surface area (Å²) in [6.07, 6.45) is 0.133. The summed E-state index contributed by atoms with van der Waals surface area (Å²) < 4.78 is 44.3. The average molecular weight is 265 g/mol. The van der Waals surface area contributed by atoms with Crippen molar-refractivity contribution in [2.75, 3.05) is 6.61 Å². The van der Waals surface area contributed by atoms with Crippen molar-refractivity contribution in [1.82, 2.24) is 0 Å². The van der Waals surface area contributed by atoms with Crippen molar-refractivity contribution >= 4 is 11.6 Å². The van der Waals surface area contributed by atoms with Crippen LogP contribution in [-0.2, 0) is 0 Å². The molecule has 1 aliphatic carbocycles. The molecule has 94 valence electrons. The number of ether oxygens (including phenoxy) is 1. The molecule has 1 aromatic carbocycles. The van der Waals surface area contributed by atoms with Gasteiger partial charge in [-0.15, -0.1) is 0 Å². The van der Waals surface area contributed by atoms with E-state index in [0.717, 1.165) is 6.07 Å². The third-order valence-corrected chi connectivity index (χ3v) is 3.11. The predicted octanol–water partition coefficient (Wildman–Crippen LogP) is 4.29. The zero-order chi connectivity index (χ0) is 12.5. The number of alkyl halides is 2. The Morgan fingerprint density at radius 1 is 1.41 bits per heavy atom. The van der Waals surface area contributed by atoms with Crippen LogP contribution in [0.4, 0.5) is 13.2 Å². The summed E-state index contributed by atoms with van der Waals surface area (Å²) in [5.41, 5.74) is 0. The van der Waals surface area contributed by atoms with Crippen molar-refractivity contribution in [3.8, 4) is 5.75 Å². The second-order valence-corrected chi connectivity index (χ2v) is 4.79.